The molecule has 120 valence electrons. The number of aryl methyl sites for hydroxylation is 2. The summed E-state index contributed by atoms with van der Waals surface area (Å²) >= 11 is 0. The molecular formula is C21H25NO. The van der Waals surface area contributed by atoms with Gasteiger partial charge in [-0.05, 0) is 69.0 Å². The number of rotatable bonds is 4. The van der Waals surface area contributed by atoms with Crippen LogP contribution in [0.5, 0.6) is 0 Å². The maximum atomic E-state index is 11.3. The van der Waals surface area contributed by atoms with E-state index in [1.165, 1.54) is 27.7 Å². The zero-order valence-electron chi connectivity index (χ0n) is 14.9. The normalized spacial score (nSPS) is 13.7. The van der Waals surface area contributed by atoms with E-state index >= 15 is 0 Å². The predicted octanol–water partition coefficient (Wildman–Crippen LogP) is 5.37. The number of ketones is 1. The zero-order valence-corrected chi connectivity index (χ0v) is 14.9. The topological polar surface area (TPSA) is 22.0 Å². The van der Waals surface area contributed by atoms with Crippen LogP contribution in [0.1, 0.15) is 39.0 Å². The number of nitrogens with zero attached hydrogens (tertiary/aromatic N) is 1. The minimum atomic E-state index is 0.111. The third kappa shape index (κ3) is 3.53. The van der Waals surface area contributed by atoms with Crippen molar-refractivity contribution in [1.29, 1.82) is 0 Å². The largest absolute Gasteiger partial charge is 0.344 e. The summed E-state index contributed by atoms with van der Waals surface area (Å²) in [5.74, 6) is 0.111. The van der Waals surface area contributed by atoms with Crippen molar-refractivity contribution in [3.63, 3.8) is 0 Å². The number of allylic oxidation sites excluding steroid dienone is 5. The third-order valence-corrected chi connectivity index (χ3v) is 4.53. The highest BCUT2D eigenvalue weighted by Crippen LogP contribution is 2.27. The van der Waals surface area contributed by atoms with Crippen molar-refractivity contribution in [1.82, 2.24) is 4.57 Å². The van der Waals surface area contributed by atoms with Gasteiger partial charge in [0.25, 0.3) is 0 Å². The third-order valence-electron chi connectivity index (χ3n) is 4.53. The van der Waals surface area contributed by atoms with E-state index in [9.17, 15) is 4.79 Å². The second-order valence-corrected chi connectivity index (χ2v) is 6.17. The fraction of sp³-hybridized carbons (Fsp3) is 0.286. The van der Waals surface area contributed by atoms with Gasteiger partial charge in [0.15, 0.2) is 5.78 Å². The van der Waals surface area contributed by atoms with Crippen molar-refractivity contribution in [3.8, 4) is 0 Å². The Morgan fingerprint density at radius 1 is 0.957 bits per heavy atom. The number of carbonyl (C=O) groups excluding carboxylic acids is 1. The van der Waals surface area contributed by atoms with Crippen LogP contribution in [0.15, 0.2) is 53.1 Å². The Bertz CT molecular complexity index is 805. The standard InChI is InChI=1S/C21H25NO/c1-14(11-12-15(2)18(5)23)16(3)13-21-17(4)19-9-7-8-10-20(19)22(21)6/h7-13H,1-6H3. The summed E-state index contributed by atoms with van der Waals surface area (Å²) in [6, 6.07) is 8.47. The van der Waals surface area contributed by atoms with E-state index in [2.05, 4.69) is 62.7 Å². The molecule has 2 rings (SSSR count). The molecular weight excluding hydrogens is 282 g/mol. The van der Waals surface area contributed by atoms with Crippen LogP contribution in [-0.4, -0.2) is 10.4 Å². The van der Waals surface area contributed by atoms with Gasteiger partial charge < -0.3 is 4.57 Å². The first kappa shape index (κ1) is 17.0. The van der Waals surface area contributed by atoms with Gasteiger partial charge in [-0.1, -0.05) is 30.4 Å². The van der Waals surface area contributed by atoms with Crippen LogP contribution in [0.3, 0.4) is 0 Å². The number of Topliss-reactive ketones (excluding diaryl/α,β-unsaturated/α-hetero) is 1. The molecule has 1 heterocycles. The lowest BCUT2D eigenvalue weighted by Crippen LogP contribution is -1.93. The van der Waals surface area contributed by atoms with E-state index in [0.717, 1.165) is 11.1 Å². The molecule has 0 atom stereocenters. The Labute approximate surface area is 138 Å². The highest BCUT2D eigenvalue weighted by molar-refractivity contribution is 5.93. The van der Waals surface area contributed by atoms with Crippen LogP contribution in [0.2, 0.25) is 0 Å². The first-order chi connectivity index (χ1) is 10.8. The molecule has 0 spiro atoms. The second kappa shape index (κ2) is 6.82. The molecule has 0 aliphatic heterocycles. The molecule has 0 aliphatic carbocycles. The summed E-state index contributed by atoms with van der Waals surface area (Å²) in [5.41, 5.74) is 6.91. The number of benzene rings is 1. The van der Waals surface area contributed by atoms with Crippen molar-refractivity contribution in [2.24, 2.45) is 7.05 Å². The van der Waals surface area contributed by atoms with E-state index in [1.54, 1.807) is 6.92 Å². The van der Waals surface area contributed by atoms with E-state index in [0.29, 0.717) is 0 Å². The van der Waals surface area contributed by atoms with Crippen molar-refractivity contribution < 1.29 is 4.79 Å². The molecule has 1 aromatic carbocycles. The highest BCUT2D eigenvalue weighted by Gasteiger charge is 2.09. The van der Waals surface area contributed by atoms with E-state index in [4.69, 9.17) is 0 Å². The molecule has 0 unspecified atom stereocenters. The summed E-state index contributed by atoms with van der Waals surface area (Å²) in [6.07, 6.45) is 6.13. The van der Waals surface area contributed by atoms with Crippen molar-refractivity contribution in [2.45, 2.75) is 34.6 Å². The molecule has 0 N–H and O–H groups in total. The number of para-hydroxylation sites is 1. The monoisotopic (exact) mass is 307 g/mol. The Morgan fingerprint density at radius 3 is 2.17 bits per heavy atom. The highest BCUT2D eigenvalue weighted by atomic mass is 16.1. The SMILES string of the molecule is CC(=O)C(C)=CC=C(C)C(C)=Cc1c(C)c2ccccc2n1C. The molecule has 0 amide bonds. The number of hydrogen-bond acceptors (Lipinski definition) is 1. The maximum Gasteiger partial charge on any atom is 0.155 e. The lowest BCUT2D eigenvalue weighted by molar-refractivity contribution is -0.113. The Balaban J connectivity index is 2.44. The van der Waals surface area contributed by atoms with Gasteiger partial charge in [-0.3, -0.25) is 4.79 Å². The van der Waals surface area contributed by atoms with Crippen LogP contribution in [0.4, 0.5) is 0 Å². The first-order valence-electron chi connectivity index (χ1n) is 7.91. The number of hydrogen-bond donors (Lipinski definition) is 0. The summed E-state index contributed by atoms with van der Waals surface area (Å²) in [6.45, 7) is 9.80. The number of aromatic nitrogens is 1. The minimum absolute atomic E-state index is 0.111. The van der Waals surface area contributed by atoms with Crippen molar-refractivity contribution >= 4 is 22.8 Å². The van der Waals surface area contributed by atoms with Crippen LogP contribution >= 0.6 is 0 Å². The van der Waals surface area contributed by atoms with Gasteiger partial charge in [-0.2, -0.15) is 0 Å². The van der Waals surface area contributed by atoms with Gasteiger partial charge >= 0.3 is 0 Å². The van der Waals surface area contributed by atoms with E-state index in [-0.39, 0.29) is 5.78 Å². The molecule has 0 aliphatic rings. The number of fused-ring (bicyclic) bond motifs is 1. The quantitative estimate of drug-likeness (QED) is 0.549. The van der Waals surface area contributed by atoms with E-state index in [1.807, 2.05) is 19.1 Å². The second-order valence-electron chi connectivity index (χ2n) is 6.17. The average molecular weight is 307 g/mol. The smallest absolute Gasteiger partial charge is 0.155 e. The molecule has 23 heavy (non-hydrogen) atoms. The molecule has 0 fully saturated rings. The number of carbonyl (C=O) groups is 1. The fourth-order valence-corrected chi connectivity index (χ4v) is 2.63. The molecule has 0 bridgehead atoms. The van der Waals surface area contributed by atoms with Crippen LogP contribution in [0, 0.1) is 6.92 Å². The Morgan fingerprint density at radius 2 is 1.57 bits per heavy atom. The molecule has 0 radical (unpaired) electrons. The molecule has 2 heteroatoms. The van der Waals surface area contributed by atoms with Crippen LogP contribution < -0.4 is 0 Å². The summed E-state index contributed by atoms with van der Waals surface area (Å²) in [4.78, 5) is 11.3. The summed E-state index contributed by atoms with van der Waals surface area (Å²) < 4.78 is 2.23. The van der Waals surface area contributed by atoms with E-state index < -0.39 is 0 Å². The van der Waals surface area contributed by atoms with Crippen LogP contribution in [0.25, 0.3) is 17.0 Å². The molecule has 2 aromatic rings. The van der Waals surface area contributed by atoms with Gasteiger partial charge in [-0.15, -0.1) is 0 Å². The lowest BCUT2D eigenvalue weighted by atomic mass is 10.0. The van der Waals surface area contributed by atoms with Gasteiger partial charge in [0, 0.05) is 23.6 Å². The molecule has 2 nitrogen and oxygen atoms in total. The lowest BCUT2D eigenvalue weighted by Gasteiger charge is -2.05. The van der Waals surface area contributed by atoms with Crippen LogP contribution in [-0.2, 0) is 11.8 Å². The summed E-state index contributed by atoms with van der Waals surface area (Å²) in [5, 5.41) is 1.29. The van der Waals surface area contributed by atoms with Gasteiger partial charge in [-0.25, -0.2) is 0 Å². The Kier molecular flexibility index (Phi) is 5.05. The first-order valence-corrected chi connectivity index (χ1v) is 7.91. The van der Waals surface area contributed by atoms with Crippen molar-refractivity contribution in [2.75, 3.05) is 0 Å². The summed E-state index contributed by atoms with van der Waals surface area (Å²) in [7, 11) is 2.10. The van der Waals surface area contributed by atoms with Gasteiger partial charge in [0.05, 0.1) is 0 Å². The van der Waals surface area contributed by atoms with Gasteiger partial charge in [0.2, 0.25) is 0 Å². The zero-order chi connectivity index (χ0) is 17.1. The van der Waals surface area contributed by atoms with Gasteiger partial charge in [0.1, 0.15) is 0 Å². The average Bonchev–Trinajstić information content (AvgIpc) is 2.77. The minimum Gasteiger partial charge on any atom is -0.344 e. The molecule has 0 saturated carbocycles. The predicted molar refractivity (Wildman–Crippen MR) is 99.5 cm³/mol. The maximum absolute atomic E-state index is 11.3. The molecule has 0 saturated heterocycles. The molecule has 1 aromatic heterocycles. The fourth-order valence-electron chi connectivity index (χ4n) is 2.63. The Hall–Kier alpha value is -2.35. The van der Waals surface area contributed by atoms with Crippen molar-refractivity contribution in [3.05, 3.63) is 64.4 Å².